The normalized spacial score (nSPS) is 20.0. The smallest absolute Gasteiger partial charge is 0.252 e. The number of rotatable bonds is 8. The molecule has 0 amide bonds. The molecule has 2 unspecified atom stereocenters. The second-order valence-corrected chi connectivity index (χ2v) is 12.1. The van der Waals surface area contributed by atoms with Crippen molar-refractivity contribution < 1.29 is 4.74 Å². The minimum atomic E-state index is -0.125. The molecule has 2 atom stereocenters. The number of aryl methyl sites for hydroxylation is 2. The number of benzene rings is 1. The summed E-state index contributed by atoms with van der Waals surface area (Å²) in [6.45, 7) is 14.0. The molecule has 2 fully saturated rings. The van der Waals surface area contributed by atoms with Crippen LogP contribution in [-0.2, 0) is 17.8 Å². The molecule has 3 aromatic heterocycles. The molecule has 6 rings (SSSR count). The van der Waals surface area contributed by atoms with Crippen LogP contribution in [0.25, 0.3) is 22.3 Å². The molecule has 0 spiro atoms. The van der Waals surface area contributed by atoms with Crippen molar-refractivity contribution in [2.24, 2.45) is 0 Å². The number of ether oxygens (including phenoxy) is 1. The zero-order chi connectivity index (χ0) is 28.8. The maximum atomic E-state index is 12.7. The molecular formula is C32H41N7O2. The number of piperazine rings is 1. The Kier molecular flexibility index (Phi) is 7.54. The number of hydrogen-bond acceptors (Lipinski definition) is 7. The lowest BCUT2D eigenvalue weighted by molar-refractivity contribution is 0.148. The van der Waals surface area contributed by atoms with Crippen molar-refractivity contribution in [1.82, 2.24) is 34.4 Å². The number of hydrogen-bond donors (Lipinski definition) is 1. The van der Waals surface area contributed by atoms with Gasteiger partial charge in [0, 0.05) is 67.5 Å². The van der Waals surface area contributed by atoms with Crippen LogP contribution in [0.2, 0.25) is 0 Å². The average Bonchev–Trinajstić information content (AvgIpc) is 3.62. The first-order valence-corrected chi connectivity index (χ1v) is 14.6. The second-order valence-electron chi connectivity index (χ2n) is 12.1. The van der Waals surface area contributed by atoms with E-state index in [9.17, 15) is 4.79 Å². The number of epoxide rings is 1. The first kappa shape index (κ1) is 27.8. The van der Waals surface area contributed by atoms with Crippen LogP contribution < -0.4 is 5.56 Å². The minimum Gasteiger partial charge on any atom is -0.348 e. The van der Waals surface area contributed by atoms with Crippen molar-refractivity contribution in [3.8, 4) is 11.3 Å². The summed E-state index contributed by atoms with van der Waals surface area (Å²) in [5.41, 5.74) is 7.91. The highest BCUT2D eigenvalue weighted by molar-refractivity contribution is 5.83. The van der Waals surface area contributed by atoms with Crippen molar-refractivity contribution in [2.45, 2.75) is 59.2 Å². The predicted molar refractivity (Wildman–Crippen MR) is 162 cm³/mol. The Hall–Kier alpha value is -3.37. The lowest BCUT2D eigenvalue weighted by Crippen LogP contribution is -2.43. The molecular weight excluding hydrogens is 514 g/mol. The summed E-state index contributed by atoms with van der Waals surface area (Å²) in [6.07, 6.45) is 1.67. The number of likely N-dealkylation sites (N-methyl/N-ethyl adjacent to an activating group) is 2. The molecule has 4 aromatic rings. The third-order valence-corrected chi connectivity index (χ3v) is 8.42. The van der Waals surface area contributed by atoms with E-state index in [1.807, 2.05) is 37.8 Å². The third-order valence-electron chi connectivity index (χ3n) is 8.42. The number of fused-ring (bicyclic) bond motifs is 1. The Balaban J connectivity index is 1.30. The topological polar surface area (TPSA) is 85.8 Å². The van der Waals surface area contributed by atoms with Crippen molar-refractivity contribution in [2.75, 3.05) is 40.3 Å². The zero-order valence-electron chi connectivity index (χ0n) is 25.0. The van der Waals surface area contributed by atoms with Gasteiger partial charge in [0.25, 0.3) is 5.56 Å². The van der Waals surface area contributed by atoms with E-state index in [1.165, 1.54) is 5.56 Å². The Bertz CT molecular complexity index is 1620. The number of pyridine rings is 2. The molecule has 0 aliphatic carbocycles. The van der Waals surface area contributed by atoms with Gasteiger partial charge in [0.05, 0.1) is 11.9 Å². The average molecular weight is 556 g/mol. The highest BCUT2D eigenvalue weighted by Gasteiger charge is 2.45. The quantitative estimate of drug-likeness (QED) is 0.325. The van der Waals surface area contributed by atoms with Crippen molar-refractivity contribution in [1.29, 1.82) is 0 Å². The van der Waals surface area contributed by atoms with Gasteiger partial charge in [-0.25, -0.2) is 9.67 Å². The number of aromatic nitrogens is 4. The summed E-state index contributed by atoms with van der Waals surface area (Å²) in [4.78, 5) is 27.7. The van der Waals surface area contributed by atoms with Crippen LogP contribution in [-0.4, -0.2) is 81.0 Å². The number of aromatic amines is 1. The first-order chi connectivity index (χ1) is 19.7. The highest BCUT2D eigenvalue weighted by Crippen LogP contribution is 2.44. The molecule has 1 N–H and O–H groups in total. The van der Waals surface area contributed by atoms with E-state index in [4.69, 9.17) is 14.8 Å². The van der Waals surface area contributed by atoms with Crippen LogP contribution in [0.3, 0.4) is 0 Å². The van der Waals surface area contributed by atoms with Crippen LogP contribution in [0, 0.1) is 13.8 Å². The van der Waals surface area contributed by atoms with Gasteiger partial charge in [0.2, 0.25) is 0 Å². The van der Waals surface area contributed by atoms with Gasteiger partial charge in [-0.05, 0) is 76.7 Å². The Morgan fingerprint density at radius 1 is 1.12 bits per heavy atom. The lowest BCUT2D eigenvalue weighted by Gasteiger charge is -2.32. The maximum Gasteiger partial charge on any atom is 0.252 e. The molecule has 0 saturated carbocycles. The molecule has 2 aliphatic heterocycles. The van der Waals surface area contributed by atoms with Gasteiger partial charge in [-0.2, -0.15) is 5.10 Å². The standard InChI is InChI=1S/C32H41N7O2/c1-20(2)39-30-26(17-33-39)25(29-32(41-29)37(6)19-27-21(3)14-22(4)34-31(27)40)16-28(35-30)24-9-7-8-23(15-24)18-38-12-10-36(5)11-13-38/h7-9,14-17,20,29,32H,10-13,18-19H2,1-6H3,(H,34,40). The highest BCUT2D eigenvalue weighted by atomic mass is 16.6. The molecule has 41 heavy (non-hydrogen) atoms. The summed E-state index contributed by atoms with van der Waals surface area (Å²) in [7, 11) is 4.20. The van der Waals surface area contributed by atoms with Crippen LogP contribution >= 0.6 is 0 Å². The molecule has 2 saturated heterocycles. The molecule has 2 aliphatic rings. The van der Waals surface area contributed by atoms with E-state index in [0.29, 0.717) is 6.54 Å². The van der Waals surface area contributed by atoms with Gasteiger partial charge < -0.3 is 14.6 Å². The number of nitrogens with zero attached hydrogens (tertiary/aromatic N) is 6. The monoisotopic (exact) mass is 555 g/mol. The molecule has 216 valence electrons. The van der Waals surface area contributed by atoms with E-state index in [2.05, 4.69) is 70.9 Å². The molecule has 9 nitrogen and oxygen atoms in total. The summed E-state index contributed by atoms with van der Waals surface area (Å²) in [6, 6.07) is 13.1. The summed E-state index contributed by atoms with van der Waals surface area (Å²) < 4.78 is 8.27. The number of nitrogens with one attached hydrogen (secondary N) is 1. The van der Waals surface area contributed by atoms with Crippen molar-refractivity contribution >= 4 is 11.0 Å². The van der Waals surface area contributed by atoms with Gasteiger partial charge in [-0.1, -0.05) is 18.2 Å². The third kappa shape index (κ3) is 5.72. The minimum absolute atomic E-state index is 0.0326. The fourth-order valence-corrected chi connectivity index (χ4v) is 5.98. The van der Waals surface area contributed by atoms with Crippen LogP contribution in [0.1, 0.15) is 53.9 Å². The van der Waals surface area contributed by atoms with E-state index in [-0.39, 0.29) is 23.9 Å². The van der Waals surface area contributed by atoms with Crippen molar-refractivity contribution in [3.63, 3.8) is 0 Å². The van der Waals surface area contributed by atoms with E-state index in [0.717, 1.165) is 77.4 Å². The fraction of sp³-hybridized carbons (Fsp3) is 0.469. The van der Waals surface area contributed by atoms with Gasteiger partial charge in [-0.15, -0.1) is 0 Å². The summed E-state index contributed by atoms with van der Waals surface area (Å²) >= 11 is 0. The summed E-state index contributed by atoms with van der Waals surface area (Å²) in [5, 5.41) is 5.71. The van der Waals surface area contributed by atoms with E-state index in [1.54, 1.807) is 0 Å². The fourth-order valence-electron chi connectivity index (χ4n) is 5.98. The van der Waals surface area contributed by atoms with Gasteiger partial charge in [0.1, 0.15) is 12.3 Å². The Labute approximate surface area is 241 Å². The Morgan fingerprint density at radius 2 is 1.90 bits per heavy atom. The zero-order valence-corrected chi connectivity index (χ0v) is 25.0. The maximum absolute atomic E-state index is 12.7. The summed E-state index contributed by atoms with van der Waals surface area (Å²) in [5.74, 6) is 0. The Morgan fingerprint density at radius 3 is 2.63 bits per heavy atom. The largest absolute Gasteiger partial charge is 0.348 e. The van der Waals surface area contributed by atoms with E-state index >= 15 is 0 Å². The SMILES string of the molecule is Cc1cc(C)c(CN(C)C2OC2c2cc(-c3cccc(CN4CCN(C)CC4)c3)nc3c2cnn3C(C)C)c(=O)[nH]1. The van der Waals surface area contributed by atoms with E-state index < -0.39 is 0 Å². The lowest BCUT2D eigenvalue weighted by atomic mass is 10.0. The predicted octanol–water partition coefficient (Wildman–Crippen LogP) is 4.26. The molecule has 1 aromatic carbocycles. The second kappa shape index (κ2) is 11.1. The number of H-pyrrole nitrogens is 1. The molecule has 9 heteroatoms. The molecule has 5 heterocycles. The molecule has 0 radical (unpaired) electrons. The van der Waals surface area contributed by atoms with Gasteiger partial charge in [0.15, 0.2) is 5.65 Å². The van der Waals surface area contributed by atoms with Gasteiger partial charge >= 0.3 is 0 Å². The van der Waals surface area contributed by atoms with Crippen LogP contribution in [0.5, 0.6) is 0 Å². The van der Waals surface area contributed by atoms with Crippen LogP contribution in [0.15, 0.2) is 47.4 Å². The van der Waals surface area contributed by atoms with Crippen molar-refractivity contribution in [3.05, 3.63) is 80.9 Å². The molecule has 0 bridgehead atoms. The van der Waals surface area contributed by atoms with Gasteiger partial charge in [-0.3, -0.25) is 14.6 Å². The van der Waals surface area contributed by atoms with Crippen LogP contribution in [0.4, 0.5) is 0 Å². The first-order valence-electron chi connectivity index (χ1n) is 14.6.